The molecule has 2 amide bonds. The van der Waals surface area contributed by atoms with E-state index in [2.05, 4.69) is 10.3 Å². The van der Waals surface area contributed by atoms with Crippen LogP contribution in [0.2, 0.25) is 5.02 Å². The molecule has 8 nitrogen and oxygen atoms in total. The Morgan fingerprint density at radius 2 is 2.03 bits per heavy atom. The number of ether oxygens (including phenoxy) is 2. The molecule has 2 aromatic carbocycles. The SMILES string of the molecule is COc1cc(C=C2SC(N3CCNC(=O)C3)=NC2=O)ccc1Oc1ccc(C#N)cc1Cl. The third-order valence-corrected chi connectivity index (χ3v) is 6.02. The van der Waals surface area contributed by atoms with E-state index in [-0.39, 0.29) is 18.4 Å². The van der Waals surface area contributed by atoms with Gasteiger partial charge in [-0.3, -0.25) is 9.59 Å². The minimum atomic E-state index is -0.348. The molecule has 0 aliphatic carbocycles. The first kappa shape index (κ1) is 21.7. The highest BCUT2D eigenvalue weighted by Gasteiger charge is 2.28. The van der Waals surface area contributed by atoms with E-state index in [1.165, 1.54) is 24.9 Å². The van der Waals surface area contributed by atoms with E-state index >= 15 is 0 Å². The van der Waals surface area contributed by atoms with Gasteiger partial charge in [-0.2, -0.15) is 10.3 Å². The van der Waals surface area contributed by atoms with Gasteiger partial charge in [-0.1, -0.05) is 17.7 Å². The maximum absolute atomic E-state index is 12.4. The minimum absolute atomic E-state index is 0.0906. The predicted octanol–water partition coefficient (Wildman–Crippen LogP) is 3.41. The molecule has 32 heavy (non-hydrogen) atoms. The molecule has 2 aromatic rings. The lowest BCUT2D eigenvalue weighted by Crippen LogP contribution is -2.49. The van der Waals surface area contributed by atoms with Crippen LogP contribution in [-0.2, 0) is 9.59 Å². The molecular weight excluding hydrogens is 452 g/mol. The molecule has 1 N–H and O–H groups in total. The van der Waals surface area contributed by atoms with Crippen LogP contribution in [0.15, 0.2) is 46.3 Å². The molecule has 2 aliphatic rings. The topological polar surface area (TPSA) is 104 Å². The summed E-state index contributed by atoms with van der Waals surface area (Å²) in [6.07, 6.45) is 1.72. The average Bonchev–Trinajstić information content (AvgIpc) is 3.16. The van der Waals surface area contributed by atoms with Gasteiger partial charge in [-0.25, -0.2) is 0 Å². The monoisotopic (exact) mass is 468 g/mol. The van der Waals surface area contributed by atoms with E-state index in [0.29, 0.717) is 51.0 Å². The van der Waals surface area contributed by atoms with Crippen LogP contribution in [0.25, 0.3) is 6.08 Å². The van der Waals surface area contributed by atoms with Gasteiger partial charge in [0.2, 0.25) is 5.91 Å². The Morgan fingerprint density at radius 3 is 2.75 bits per heavy atom. The smallest absolute Gasteiger partial charge is 0.286 e. The summed E-state index contributed by atoms with van der Waals surface area (Å²) in [5.41, 5.74) is 1.16. The van der Waals surface area contributed by atoms with Crippen LogP contribution in [0.1, 0.15) is 11.1 Å². The number of piperazine rings is 1. The molecule has 0 spiro atoms. The molecule has 0 aromatic heterocycles. The van der Waals surface area contributed by atoms with Gasteiger partial charge in [0.25, 0.3) is 5.91 Å². The number of methoxy groups -OCH3 is 1. The van der Waals surface area contributed by atoms with Gasteiger partial charge in [-0.15, -0.1) is 0 Å². The van der Waals surface area contributed by atoms with Crippen molar-refractivity contribution >= 4 is 46.4 Å². The van der Waals surface area contributed by atoms with Gasteiger partial charge in [-0.05, 0) is 53.7 Å². The lowest BCUT2D eigenvalue weighted by molar-refractivity contribution is -0.123. The van der Waals surface area contributed by atoms with Gasteiger partial charge < -0.3 is 19.7 Å². The zero-order valence-corrected chi connectivity index (χ0v) is 18.5. The fourth-order valence-corrected chi connectivity index (χ4v) is 4.27. The molecule has 4 rings (SSSR count). The molecule has 2 heterocycles. The largest absolute Gasteiger partial charge is 0.493 e. The Balaban J connectivity index is 1.52. The molecule has 0 atom stereocenters. The second-order valence-corrected chi connectivity index (χ2v) is 8.27. The Labute approximate surface area is 193 Å². The molecule has 0 bridgehead atoms. The number of carbonyl (C=O) groups excluding carboxylic acids is 2. The number of thioether (sulfide) groups is 1. The van der Waals surface area contributed by atoms with E-state index in [1.54, 1.807) is 41.3 Å². The first-order valence-corrected chi connectivity index (χ1v) is 10.8. The Hall–Kier alpha value is -3.48. The number of hydrogen-bond donors (Lipinski definition) is 1. The second kappa shape index (κ2) is 9.34. The number of nitrogens with one attached hydrogen (secondary N) is 1. The fraction of sp³-hybridized carbons (Fsp3) is 0.182. The van der Waals surface area contributed by atoms with Gasteiger partial charge >= 0.3 is 0 Å². The number of hydrogen-bond acceptors (Lipinski definition) is 7. The first-order valence-electron chi connectivity index (χ1n) is 9.56. The number of amidine groups is 1. The van der Waals surface area contributed by atoms with Crippen molar-refractivity contribution in [2.45, 2.75) is 0 Å². The van der Waals surface area contributed by atoms with E-state index in [9.17, 15) is 9.59 Å². The summed E-state index contributed by atoms with van der Waals surface area (Å²) in [6.45, 7) is 1.31. The Kier molecular flexibility index (Phi) is 6.35. The molecule has 10 heteroatoms. The summed E-state index contributed by atoms with van der Waals surface area (Å²) in [5.74, 6) is 0.832. The van der Waals surface area contributed by atoms with Crippen LogP contribution in [0.3, 0.4) is 0 Å². The van der Waals surface area contributed by atoms with Crippen molar-refractivity contribution < 1.29 is 19.1 Å². The van der Waals surface area contributed by atoms with E-state index < -0.39 is 0 Å². The predicted molar refractivity (Wildman–Crippen MR) is 122 cm³/mol. The Morgan fingerprint density at radius 1 is 1.22 bits per heavy atom. The zero-order chi connectivity index (χ0) is 22.7. The van der Waals surface area contributed by atoms with Gasteiger partial charge in [0, 0.05) is 13.1 Å². The van der Waals surface area contributed by atoms with Crippen LogP contribution >= 0.6 is 23.4 Å². The van der Waals surface area contributed by atoms with Gasteiger partial charge in [0.15, 0.2) is 16.7 Å². The molecule has 0 unspecified atom stereocenters. The zero-order valence-electron chi connectivity index (χ0n) is 16.9. The highest BCUT2D eigenvalue weighted by atomic mass is 35.5. The molecule has 1 saturated heterocycles. The maximum Gasteiger partial charge on any atom is 0.286 e. The number of aliphatic imine (C=N–C) groups is 1. The number of carbonyl (C=O) groups is 2. The summed E-state index contributed by atoms with van der Waals surface area (Å²) in [7, 11) is 1.51. The van der Waals surface area contributed by atoms with Crippen LogP contribution in [0, 0.1) is 11.3 Å². The highest BCUT2D eigenvalue weighted by molar-refractivity contribution is 8.18. The Bertz CT molecular complexity index is 1200. The van der Waals surface area contributed by atoms with Crippen molar-refractivity contribution in [1.29, 1.82) is 5.26 Å². The van der Waals surface area contributed by atoms with Crippen LogP contribution < -0.4 is 14.8 Å². The number of benzene rings is 2. The summed E-state index contributed by atoms with van der Waals surface area (Å²) in [6, 6.07) is 12.0. The molecular formula is C22H17ClN4O4S. The van der Waals surface area contributed by atoms with Crippen molar-refractivity contribution in [3.05, 3.63) is 57.5 Å². The minimum Gasteiger partial charge on any atom is -0.493 e. The number of halogens is 1. The second-order valence-electron chi connectivity index (χ2n) is 6.85. The van der Waals surface area contributed by atoms with Crippen LogP contribution in [-0.4, -0.2) is 48.6 Å². The quantitative estimate of drug-likeness (QED) is 0.685. The molecule has 1 fully saturated rings. The number of nitriles is 1. The summed E-state index contributed by atoms with van der Waals surface area (Å²) < 4.78 is 11.3. The molecule has 0 radical (unpaired) electrons. The van der Waals surface area contributed by atoms with Crippen molar-refractivity contribution in [3.8, 4) is 23.3 Å². The third kappa shape index (κ3) is 4.72. The third-order valence-electron chi connectivity index (χ3n) is 4.68. The average molecular weight is 469 g/mol. The van der Waals surface area contributed by atoms with Crippen LogP contribution in [0.4, 0.5) is 0 Å². The highest BCUT2D eigenvalue weighted by Crippen LogP contribution is 2.37. The van der Waals surface area contributed by atoms with Gasteiger partial charge in [0.1, 0.15) is 5.75 Å². The van der Waals surface area contributed by atoms with Crippen molar-refractivity contribution in [3.63, 3.8) is 0 Å². The molecule has 2 aliphatic heterocycles. The number of rotatable bonds is 4. The van der Waals surface area contributed by atoms with E-state index in [0.717, 1.165) is 5.56 Å². The lowest BCUT2D eigenvalue weighted by atomic mass is 10.2. The number of amides is 2. The lowest BCUT2D eigenvalue weighted by Gasteiger charge is -2.27. The molecule has 162 valence electrons. The van der Waals surface area contributed by atoms with Crippen LogP contribution in [0.5, 0.6) is 17.2 Å². The first-order chi connectivity index (χ1) is 15.5. The van der Waals surface area contributed by atoms with E-state index in [4.69, 9.17) is 26.3 Å². The summed E-state index contributed by atoms with van der Waals surface area (Å²) in [5, 5.41) is 12.5. The van der Waals surface area contributed by atoms with Gasteiger partial charge in [0.05, 0.1) is 35.2 Å². The maximum atomic E-state index is 12.4. The van der Waals surface area contributed by atoms with Crippen molar-refractivity contribution in [2.75, 3.05) is 26.7 Å². The normalized spacial score (nSPS) is 17.1. The fourth-order valence-electron chi connectivity index (χ4n) is 3.12. The van der Waals surface area contributed by atoms with Crippen molar-refractivity contribution in [1.82, 2.24) is 10.2 Å². The summed E-state index contributed by atoms with van der Waals surface area (Å²) >= 11 is 7.43. The van der Waals surface area contributed by atoms with Crippen molar-refractivity contribution in [2.24, 2.45) is 4.99 Å². The van der Waals surface area contributed by atoms with E-state index in [1.807, 2.05) is 6.07 Å². The summed E-state index contributed by atoms with van der Waals surface area (Å²) in [4.78, 5) is 30.3. The standard InChI is InChI=1S/C22H17ClN4O4S/c1-30-18-9-13(2-5-17(18)31-16-4-3-14(11-24)8-15(16)23)10-19-21(29)26-22(32-19)27-7-6-25-20(28)12-27/h2-5,8-10H,6-7,12H2,1H3,(H,25,28). The number of nitrogens with zero attached hydrogens (tertiary/aromatic N) is 3. The molecule has 0 saturated carbocycles.